The molecule has 1 aromatic rings. The predicted octanol–water partition coefficient (Wildman–Crippen LogP) is 3.53. The molecule has 2 N–H and O–H groups in total. The van der Waals surface area contributed by atoms with Crippen LogP contribution in [0.2, 0.25) is 0 Å². The van der Waals surface area contributed by atoms with Crippen LogP contribution in [0.4, 0.5) is 0 Å². The fraction of sp³-hybridized carbons (Fsp3) is 0.647. The van der Waals surface area contributed by atoms with E-state index in [2.05, 4.69) is 38.2 Å². The third-order valence-corrected chi connectivity index (χ3v) is 3.92. The molecule has 0 spiro atoms. The van der Waals surface area contributed by atoms with Crippen LogP contribution < -0.4 is 10.1 Å². The van der Waals surface area contributed by atoms with E-state index in [0.29, 0.717) is 19.1 Å². The van der Waals surface area contributed by atoms with Crippen molar-refractivity contribution in [1.82, 2.24) is 5.32 Å². The Hall–Kier alpha value is -1.06. The maximum atomic E-state index is 10.1. The van der Waals surface area contributed by atoms with E-state index in [1.165, 1.54) is 5.56 Å². The highest BCUT2D eigenvalue weighted by atomic mass is 16.5. The maximum absolute atomic E-state index is 10.1. The van der Waals surface area contributed by atoms with Gasteiger partial charge in [-0.2, -0.15) is 0 Å². The molecule has 0 heterocycles. The van der Waals surface area contributed by atoms with E-state index >= 15 is 0 Å². The molecule has 1 rings (SSSR count). The summed E-state index contributed by atoms with van der Waals surface area (Å²) in [6.07, 6.45) is 1.78. The lowest BCUT2D eigenvalue weighted by Gasteiger charge is -2.23. The minimum absolute atomic E-state index is 0.231. The van der Waals surface area contributed by atoms with Crippen molar-refractivity contribution in [2.45, 2.75) is 52.7 Å². The van der Waals surface area contributed by atoms with Gasteiger partial charge in [0, 0.05) is 12.6 Å². The van der Waals surface area contributed by atoms with Gasteiger partial charge in [-0.05, 0) is 37.5 Å². The Bertz CT molecular complexity index is 360. The molecule has 0 aliphatic rings. The lowest BCUT2D eigenvalue weighted by molar-refractivity contribution is 0.0989. The number of ether oxygens (including phenoxy) is 1. The second kappa shape index (κ2) is 8.98. The van der Waals surface area contributed by atoms with Gasteiger partial charge in [-0.25, -0.2) is 0 Å². The van der Waals surface area contributed by atoms with Gasteiger partial charge in [0.05, 0.1) is 12.7 Å². The van der Waals surface area contributed by atoms with E-state index in [4.69, 9.17) is 4.74 Å². The Balaban J connectivity index is 2.47. The molecule has 0 aliphatic heterocycles. The molecule has 0 saturated heterocycles. The van der Waals surface area contributed by atoms with Crippen LogP contribution in [0.25, 0.3) is 0 Å². The Labute approximate surface area is 123 Å². The van der Waals surface area contributed by atoms with Crippen LogP contribution in [0, 0.1) is 5.92 Å². The monoisotopic (exact) mass is 279 g/mol. The van der Waals surface area contributed by atoms with E-state index in [-0.39, 0.29) is 12.1 Å². The van der Waals surface area contributed by atoms with Gasteiger partial charge in [-0.15, -0.1) is 0 Å². The van der Waals surface area contributed by atoms with Crippen LogP contribution in [0.15, 0.2) is 24.3 Å². The second-order valence-corrected chi connectivity index (χ2v) is 5.28. The molecule has 0 fully saturated rings. The van der Waals surface area contributed by atoms with Crippen molar-refractivity contribution in [3.63, 3.8) is 0 Å². The van der Waals surface area contributed by atoms with Crippen LogP contribution in [0.1, 0.15) is 52.1 Å². The Morgan fingerprint density at radius 3 is 2.20 bits per heavy atom. The summed E-state index contributed by atoms with van der Waals surface area (Å²) in [4.78, 5) is 0. The van der Waals surface area contributed by atoms with Crippen molar-refractivity contribution in [3.05, 3.63) is 29.8 Å². The third kappa shape index (κ3) is 5.14. The Morgan fingerprint density at radius 2 is 1.70 bits per heavy atom. The molecule has 114 valence electrons. The standard InChI is InChI=1S/C17H29NO2/c1-5-14(6-2)17(19)12-18-13(4)15-8-10-16(11-9-15)20-7-3/h8-11,13-14,17-19H,5-7,12H2,1-4H3. The van der Waals surface area contributed by atoms with Crippen molar-refractivity contribution in [2.24, 2.45) is 5.92 Å². The van der Waals surface area contributed by atoms with Crippen LogP contribution in [0.5, 0.6) is 5.75 Å². The molecule has 20 heavy (non-hydrogen) atoms. The SMILES string of the molecule is CCOc1ccc(C(C)NCC(O)C(CC)CC)cc1. The highest BCUT2D eigenvalue weighted by Gasteiger charge is 2.16. The summed E-state index contributed by atoms with van der Waals surface area (Å²) in [5, 5.41) is 13.5. The summed E-state index contributed by atoms with van der Waals surface area (Å²) < 4.78 is 5.44. The van der Waals surface area contributed by atoms with Crippen LogP contribution in [-0.2, 0) is 0 Å². The number of aliphatic hydroxyl groups excluding tert-OH is 1. The molecular formula is C17H29NO2. The maximum Gasteiger partial charge on any atom is 0.119 e. The molecular weight excluding hydrogens is 250 g/mol. The topological polar surface area (TPSA) is 41.5 Å². The third-order valence-electron chi connectivity index (χ3n) is 3.92. The molecule has 0 amide bonds. The highest BCUT2D eigenvalue weighted by Crippen LogP contribution is 2.18. The Kier molecular flexibility index (Phi) is 7.63. The first kappa shape index (κ1) is 17.0. The van der Waals surface area contributed by atoms with Gasteiger partial charge in [-0.3, -0.25) is 0 Å². The first-order chi connectivity index (χ1) is 9.62. The summed E-state index contributed by atoms with van der Waals surface area (Å²) in [6, 6.07) is 8.37. The minimum atomic E-state index is -0.268. The molecule has 3 heteroatoms. The summed E-state index contributed by atoms with van der Waals surface area (Å²) in [7, 11) is 0. The number of nitrogens with one attached hydrogen (secondary N) is 1. The summed E-state index contributed by atoms with van der Waals surface area (Å²) >= 11 is 0. The predicted molar refractivity (Wildman–Crippen MR) is 84.1 cm³/mol. The van der Waals surface area contributed by atoms with E-state index in [0.717, 1.165) is 18.6 Å². The molecule has 2 atom stereocenters. The van der Waals surface area contributed by atoms with Gasteiger partial charge in [0.1, 0.15) is 5.75 Å². The van der Waals surface area contributed by atoms with Gasteiger partial charge in [0.2, 0.25) is 0 Å². The molecule has 0 radical (unpaired) electrons. The van der Waals surface area contributed by atoms with Crippen LogP contribution >= 0.6 is 0 Å². The zero-order chi connectivity index (χ0) is 15.0. The Morgan fingerprint density at radius 1 is 1.10 bits per heavy atom. The first-order valence-electron chi connectivity index (χ1n) is 7.76. The number of hydrogen-bond donors (Lipinski definition) is 2. The van der Waals surface area contributed by atoms with Crippen LogP contribution in [-0.4, -0.2) is 24.4 Å². The lowest BCUT2D eigenvalue weighted by atomic mass is 9.96. The fourth-order valence-corrected chi connectivity index (χ4v) is 2.43. The van der Waals surface area contributed by atoms with Gasteiger partial charge >= 0.3 is 0 Å². The minimum Gasteiger partial charge on any atom is -0.494 e. The molecule has 3 nitrogen and oxygen atoms in total. The van der Waals surface area contributed by atoms with Gasteiger partial charge in [0.15, 0.2) is 0 Å². The van der Waals surface area contributed by atoms with Crippen molar-refractivity contribution >= 4 is 0 Å². The van der Waals surface area contributed by atoms with Gasteiger partial charge in [0.25, 0.3) is 0 Å². The van der Waals surface area contributed by atoms with E-state index in [1.54, 1.807) is 0 Å². The normalized spacial score (nSPS) is 14.3. The number of rotatable bonds is 9. The van der Waals surface area contributed by atoms with Crippen molar-refractivity contribution in [3.8, 4) is 5.75 Å². The average molecular weight is 279 g/mol. The smallest absolute Gasteiger partial charge is 0.119 e. The van der Waals surface area contributed by atoms with Gasteiger partial charge in [-0.1, -0.05) is 38.8 Å². The van der Waals surface area contributed by atoms with Crippen molar-refractivity contribution in [2.75, 3.05) is 13.2 Å². The number of hydrogen-bond acceptors (Lipinski definition) is 3. The molecule has 0 aromatic heterocycles. The number of benzene rings is 1. The molecule has 0 bridgehead atoms. The number of aliphatic hydroxyl groups is 1. The summed E-state index contributed by atoms with van der Waals surface area (Å²) in [5.74, 6) is 1.29. The van der Waals surface area contributed by atoms with E-state index in [9.17, 15) is 5.11 Å². The average Bonchev–Trinajstić information content (AvgIpc) is 2.47. The van der Waals surface area contributed by atoms with Crippen molar-refractivity contribution < 1.29 is 9.84 Å². The quantitative estimate of drug-likeness (QED) is 0.726. The molecule has 1 aromatic carbocycles. The second-order valence-electron chi connectivity index (χ2n) is 5.28. The molecule has 0 saturated carbocycles. The molecule has 2 unspecified atom stereocenters. The summed E-state index contributed by atoms with van der Waals surface area (Å²) in [6.45, 7) is 9.70. The molecule has 0 aliphatic carbocycles. The van der Waals surface area contributed by atoms with Gasteiger partial charge < -0.3 is 15.2 Å². The zero-order valence-corrected chi connectivity index (χ0v) is 13.2. The van der Waals surface area contributed by atoms with Crippen LogP contribution in [0.3, 0.4) is 0 Å². The fourth-order valence-electron chi connectivity index (χ4n) is 2.43. The largest absolute Gasteiger partial charge is 0.494 e. The highest BCUT2D eigenvalue weighted by molar-refractivity contribution is 5.28. The summed E-state index contributed by atoms with van der Waals surface area (Å²) in [5.41, 5.74) is 1.21. The van der Waals surface area contributed by atoms with Crippen molar-refractivity contribution in [1.29, 1.82) is 0 Å². The van der Waals surface area contributed by atoms with E-state index < -0.39 is 0 Å². The zero-order valence-electron chi connectivity index (χ0n) is 13.2. The first-order valence-corrected chi connectivity index (χ1v) is 7.76. The lowest BCUT2D eigenvalue weighted by Crippen LogP contribution is -2.33. The van der Waals surface area contributed by atoms with E-state index in [1.807, 2.05) is 19.1 Å².